The van der Waals surface area contributed by atoms with Crippen molar-refractivity contribution in [3.05, 3.63) is 65.2 Å². The van der Waals surface area contributed by atoms with E-state index in [0.29, 0.717) is 19.1 Å². The molecule has 0 saturated heterocycles. The van der Waals surface area contributed by atoms with Gasteiger partial charge < -0.3 is 15.8 Å². The number of anilines is 1. The molecule has 4 nitrogen and oxygen atoms in total. The first-order valence-electron chi connectivity index (χ1n) is 7.46. The SMILES string of the molecule is CCOCc1ccc(CN=C(N)Nc2ccc(C)cc2)cc1.I. The number of nitrogens with one attached hydrogen (secondary N) is 1. The molecule has 0 atom stereocenters. The smallest absolute Gasteiger partial charge is 0.193 e. The Labute approximate surface area is 155 Å². The molecule has 124 valence electrons. The van der Waals surface area contributed by atoms with Gasteiger partial charge in [0.05, 0.1) is 13.2 Å². The van der Waals surface area contributed by atoms with Gasteiger partial charge in [0.1, 0.15) is 0 Å². The van der Waals surface area contributed by atoms with Gasteiger partial charge >= 0.3 is 0 Å². The molecule has 0 amide bonds. The van der Waals surface area contributed by atoms with Gasteiger partial charge in [0, 0.05) is 12.3 Å². The summed E-state index contributed by atoms with van der Waals surface area (Å²) >= 11 is 0. The number of hydrogen-bond donors (Lipinski definition) is 2. The van der Waals surface area contributed by atoms with Crippen LogP contribution in [-0.4, -0.2) is 12.6 Å². The first-order valence-corrected chi connectivity index (χ1v) is 7.46. The molecule has 0 aromatic heterocycles. The number of nitrogens with zero attached hydrogens (tertiary/aromatic N) is 1. The zero-order chi connectivity index (χ0) is 15.8. The molecule has 0 unspecified atom stereocenters. The van der Waals surface area contributed by atoms with Crippen molar-refractivity contribution in [3.63, 3.8) is 0 Å². The zero-order valence-electron chi connectivity index (χ0n) is 13.6. The van der Waals surface area contributed by atoms with Gasteiger partial charge in [-0.1, -0.05) is 42.0 Å². The number of aryl methyl sites for hydroxylation is 1. The zero-order valence-corrected chi connectivity index (χ0v) is 15.9. The Hall–Kier alpha value is -1.60. The Morgan fingerprint density at radius 2 is 1.65 bits per heavy atom. The van der Waals surface area contributed by atoms with Crippen LogP contribution in [0.15, 0.2) is 53.5 Å². The van der Waals surface area contributed by atoms with E-state index in [4.69, 9.17) is 10.5 Å². The first-order chi connectivity index (χ1) is 10.7. The average molecular weight is 425 g/mol. The summed E-state index contributed by atoms with van der Waals surface area (Å²) in [7, 11) is 0. The van der Waals surface area contributed by atoms with Crippen LogP contribution in [0.4, 0.5) is 5.69 Å². The molecular weight excluding hydrogens is 401 g/mol. The first kappa shape index (κ1) is 19.4. The van der Waals surface area contributed by atoms with E-state index < -0.39 is 0 Å². The number of rotatable bonds is 6. The van der Waals surface area contributed by atoms with Gasteiger partial charge in [-0.3, -0.25) is 0 Å². The van der Waals surface area contributed by atoms with Crippen molar-refractivity contribution in [2.24, 2.45) is 10.7 Å². The molecule has 0 saturated carbocycles. The largest absolute Gasteiger partial charge is 0.377 e. The summed E-state index contributed by atoms with van der Waals surface area (Å²) in [5, 5.41) is 3.09. The minimum absolute atomic E-state index is 0. The average Bonchev–Trinajstić information content (AvgIpc) is 2.54. The second-order valence-corrected chi connectivity index (χ2v) is 5.15. The number of guanidine groups is 1. The summed E-state index contributed by atoms with van der Waals surface area (Å²) in [6.07, 6.45) is 0. The second kappa shape index (κ2) is 10.2. The molecule has 2 aromatic rings. The quantitative estimate of drug-likeness (QED) is 0.417. The Kier molecular flexibility index (Phi) is 8.65. The highest BCUT2D eigenvalue weighted by Crippen LogP contribution is 2.09. The molecule has 0 fully saturated rings. The molecule has 3 N–H and O–H groups in total. The minimum Gasteiger partial charge on any atom is -0.377 e. The number of benzene rings is 2. The predicted molar refractivity (Wildman–Crippen MR) is 107 cm³/mol. The third-order valence-corrected chi connectivity index (χ3v) is 3.25. The van der Waals surface area contributed by atoms with Crippen LogP contribution in [0.5, 0.6) is 0 Å². The van der Waals surface area contributed by atoms with Crippen molar-refractivity contribution >= 4 is 35.6 Å². The van der Waals surface area contributed by atoms with Crippen LogP contribution >= 0.6 is 24.0 Å². The number of aliphatic imine (C=N–C) groups is 1. The van der Waals surface area contributed by atoms with Crippen LogP contribution in [0.1, 0.15) is 23.6 Å². The fraction of sp³-hybridized carbons (Fsp3) is 0.278. The van der Waals surface area contributed by atoms with Gasteiger partial charge in [0.2, 0.25) is 0 Å². The fourth-order valence-corrected chi connectivity index (χ4v) is 1.96. The van der Waals surface area contributed by atoms with Crippen molar-refractivity contribution in [1.29, 1.82) is 0 Å². The van der Waals surface area contributed by atoms with E-state index in [9.17, 15) is 0 Å². The van der Waals surface area contributed by atoms with E-state index in [1.54, 1.807) is 0 Å². The van der Waals surface area contributed by atoms with Crippen molar-refractivity contribution < 1.29 is 4.74 Å². The molecule has 0 spiro atoms. The van der Waals surface area contributed by atoms with Crippen molar-refractivity contribution in [2.45, 2.75) is 27.0 Å². The molecule has 2 aromatic carbocycles. The monoisotopic (exact) mass is 425 g/mol. The minimum atomic E-state index is 0. The van der Waals surface area contributed by atoms with Gasteiger partial charge in [-0.25, -0.2) is 4.99 Å². The lowest BCUT2D eigenvalue weighted by atomic mass is 10.1. The lowest BCUT2D eigenvalue weighted by Gasteiger charge is -2.06. The number of ether oxygens (including phenoxy) is 1. The summed E-state index contributed by atoms with van der Waals surface area (Å²) in [4.78, 5) is 4.36. The molecule has 0 bridgehead atoms. The van der Waals surface area contributed by atoms with Gasteiger partial charge in [-0.2, -0.15) is 0 Å². The van der Waals surface area contributed by atoms with Gasteiger partial charge in [-0.05, 0) is 37.1 Å². The maximum atomic E-state index is 5.91. The second-order valence-electron chi connectivity index (χ2n) is 5.15. The van der Waals surface area contributed by atoms with Crippen LogP contribution in [0, 0.1) is 6.92 Å². The summed E-state index contributed by atoms with van der Waals surface area (Å²) in [5.41, 5.74) is 10.4. The van der Waals surface area contributed by atoms with Crippen LogP contribution in [-0.2, 0) is 17.9 Å². The predicted octanol–water partition coefficient (Wildman–Crippen LogP) is 4.08. The normalized spacial score (nSPS) is 11.0. The topological polar surface area (TPSA) is 59.6 Å². The molecule has 0 aliphatic carbocycles. The standard InChI is InChI=1S/C18H23N3O.HI/c1-3-22-13-16-8-6-15(7-9-16)12-20-18(19)21-17-10-4-14(2)5-11-17;/h4-11H,3,12-13H2,1-2H3,(H3,19,20,21);1H. The molecule has 0 radical (unpaired) electrons. The van der Waals surface area contributed by atoms with Crippen molar-refractivity contribution in [3.8, 4) is 0 Å². The van der Waals surface area contributed by atoms with Crippen molar-refractivity contribution in [2.75, 3.05) is 11.9 Å². The summed E-state index contributed by atoms with van der Waals surface area (Å²) in [6, 6.07) is 16.3. The summed E-state index contributed by atoms with van der Waals surface area (Å²) < 4.78 is 5.37. The molecule has 0 aliphatic rings. The van der Waals surface area contributed by atoms with Crippen molar-refractivity contribution in [1.82, 2.24) is 0 Å². The molecule has 0 heterocycles. The fourth-order valence-electron chi connectivity index (χ4n) is 1.96. The third kappa shape index (κ3) is 7.00. The highest BCUT2D eigenvalue weighted by Gasteiger charge is 1.97. The molecule has 23 heavy (non-hydrogen) atoms. The Morgan fingerprint density at radius 3 is 2.26 bits per heavy atom. The van der Waals surface area contributed by atoms with E-state index in [1.807, 2.05) is 31.2 Å². The van der Waals surface area contributed by atoms with Crippen LogP contribution in [0.2, 0.25) is 0 Å². The number of nitrogens with two attached hydrogens (primary N) is 1. The van der Waals surface area contributed by atoms with E-state index >= 15 is 0 Å². The lowest BCUT2D eigenvalue weighted by molar-refractivity contribution is 0.134. The van der Waals surface area contributed by atoms with Gasteiger partial charge in [0.25, 0.3) is 0 Å². The van der Waals surface area contributed by atoms with E-state index in [0.717, 1.165) is 17.9 Å². The Morgan fingerprint density at radius 1 is 1.04 bits per heavy atom. The summed E-state index contributed by atoms with van der Waals surface area (Å²) in [5.74, 6) is 0.419. The van der Waals surface area contributed by atoms with Gasteiger partial charge in [0.15, 0.2) is 5.96 Å². The van der Waals surface area contributed by atoms with Gasteiger partial charge in [-0.15, -0.1) is 24.0 Å². The number of halogens is 1. The highest BCUT2D eigenvalue weighted by atomic mass is 127. The van der Waals surface area contributed by atoms with Crippen LogP contribution in [0.3, 0.4) is 0 Å². The van der Waals surface area contributed by atoms with E-state index in [2.05, 4.69) is 41.5 Å². The van der Waals surface area contributed by atoms with E-state index in [-0.39, 0.29) is 24.0 Å². The van der Waals surface area contributed by atoms with Crippen LogP contribution in [0.25, 0.3) is 0 Å². The Balaban J connectivity index is 0.00000264. The Bertz CT molecular complexity index is 609. The van der Waals surface area contributed by atoms with Crippen LogP contribution < -0.4 is 11.1 Å². The van der Waals surface area contributed by atoms with E-state index in [1.165, 1.54) is 11.1 Å². The molecule has 0 aliphatic heterocycles. The highest BCUT2D eigenvalue weighted by molar-refractivity contribution is 14.0. The molecule has 2 rings (SSSR count). The third-order valence-electron chi connectivity index (χ3n) is 3.25. The molecule has 5 heteroatoms. The maximum Gasteiger partial charge on any atom is 0.193 e. The maximum absolute atomic E-state index is 5.91. The number of hydrogen-bond acceptors (Lipinski definition) is 2. The summed E-state index contributed by atoms with van der Waals surface area (Å²) in [6.45, 7) is 5.98. The molecular formula is C18H24IN3O. The lowest BCUT2D eigenvalue weighted by Crippen LogP contribution is -2.22.